The lowest BCUT2D eigenvalue weighted by molar-refractivity contribution is -0.143. The Morgan fingerprint density at radius 3 is 2.37 bits per heavy atom. The molecule has 0 N–H and O–H groups in total. The zero-order chi connectivity index (χ0) is 21.3. The number of ether oxygens (including phenoxy) is 1. The standard InChI is InChI=1S/C25H28N2O3/c1-17-7-9-18(10-8-17)16-30-20-13-11-19(12-14-20)21-15-24(29)27(26(2)3)22-5-4-6-23(28)25(21)22/h7-14,21H,4-6,15-16H2,1-3H3. The van der Waals surface area contributed by atoms with Crippen molar-refractivity contribution in [2.45, 2.75) is 45.1 Å². The molecule has 2 aromatic rings. The van der Waals surface area contributed by atoms with Crippen molar-refractivity contribution in [2.24, 2.45) is 0 Å². The van der Waals surface area contributed by atoms with Crippen molar-refractivity contribution < 1.29 is 14.3 Å². The molecule has 1 aliphatic heterocycles. The number of carbonyl (C=O) groups excluding carboxylic acids is 2. The van der Waals surface area contributed by atoms with E-state index in [0.29, 0.717) is 19.4 Å². The first-order valence-electron chi connectivity index (χ1n) is 10.5. The van der Waals surface area contributed by atoms with E-state index in [4.69, 9.17) is 4.74 Å². The van der Waals surface area contributed by atoms with Gasteiger partial charge in [-0.25, -0.2) is 10.0 Å². The largest absolute Gasteiger partial charge is 0.489 e. The molecule has 5 nitrogen and oxygen atoms in total. The SMILES string of the molecule is Cc1ccc(COc2ccc(C3CC(=O)N(N(C)C)C4=C3C(=O)CCC4)cc2)cc1. The van der Waals surface area contributed by atoms with Crippen LogP contribution in [0.2, 0.25) is 0 Å². The van der Waals surface area contributed by atoms with Crippen molar-refractivity contribution in [2.75, 3.05) is 14.1 Å². The van der Waals surface area contributed by atoms with Gasteiger partial charge in [-0.05, 0) is 43.0 Å². The quantitative estimate of drug-likeness (QED) is 0.742. The Balaban J connectivity index is 1.55. The second kappa shape index (κ2) is 8.44. The summed E-state index contributed by atoms with van der Waals surface area (Å²) < 4.78 is 5.91. The molecule has 1 atom stereocenters. The van der Waals surface area contributed by atoms with Crippen LogP contribution in [0.1, 0.15) is 48.3 Å². The maximum absolute atomic E-state index is 12.8. The number of Topliss-reactive ketones (excluding diaryl/α,β-unsaturated/α-hetero) is 1. The molecule has 4 rings (SSSR count). The van der Waals surface area contributed by atoms with Crippen molar-refractivity contribution in [3.8, 4) is 5.75 Å². The van der Waals surface area contributed by atoms with Gasteiger partial charge in [0.1, 0.15) is 12.4 Å². The minimum atomic E-state index is -0.178. The van der Waals surface area contributed by atoms with Gasteiger partial charge < -0.3 is 4.74 Å². The van der Waals surface area contributed by atoms with Gasteiger partial charge >= 0.3 is 0 Å². The predicted molar refractivity (Wildman–Crippen MR) is 116 cm³/mol. The molecule has 0 saturated heterocycles. The van der Waals surface area contributed by atoms with E-state index in [2.05, 4.69) is 31.2 Å². The fourth-order valence-corrected chi connectivity index (χ4v) is 4.37. The molecule has 0 aromatic heterocycles. The first-order chi connectivity index (χ1) is 14.4. The van der Waals surface area contributed by atoms with Crippen LogP contribution in [0.25, 0.3) is 0 Å². The van der Waals surface area contributed by atoms with E-state index >= 15 is 0 Å². The number of carbonyl (C=O) groups is 2. The molecule has 0 bridgehead atoms. The summed E-state index contributed by atoms with van der Waals surface area (Å²) in [5, 5.41) is 3.47. The zero-order valence-electron chi connectivity index (χ0n) is 17.9. The number of hydrogen-bond acceptors (Lipinski definition) is 4. The molecule has 1 amide bonds. The molecule has 1 aliphatic carbocycles. The lowest BCUT2D eigenvalue weighted by Gasteiger charge is -2.41. The number of aryl methyl sites for hydroxylation is 1. The van der Waals surface area contributed by atoms with Crippen molar-refractivity contribution in [1.29, 1.82) is 0 Å². The van der Waals surface area contributed by atoms with E-state index < -0.39 is 0 Å². The molecule has 0 radical (unpaired) electrons. The zero-order valence-corrected chi connectivity index (χ0v) is 17.9. The summed E-state index contributed by atoms with van der Waals surface area (Å²) in [5.41, 5.74) is 5.02. The molecule has 5 heteroatoms. The maximum Gasteiger partial charge on any atom is 0.242 e. The molecule has 2 aliphatic rings. The van der Waals surface area contributed by atoms with Gasteiger partial charge in [-0.15, -0.1) is 0 Å². The Labute approximate surface area is 177 Å². The average Bonchev–Trinajstić information content (AvgIpc) is 2.73. The highest BCUT2D eigenvalue weighted by Gasteiger charge is 2.39. The van der Waals surface area contributed by atoms with E-state index in [0.717, 1.165) is 41.0 Å². The second-order valence-electron chi connectivity index (χ2n) is 8.29. The van der Waals surface area contributed by atoms with Crippen molar-refractivity contribution in [1.82, 2.24) is 10.0 Å². The third kappa shape index (κ3) is 4.03. The van der Waals surface area contributed by atoms with Crippen LogP contribution in [0.3, 0.4) is 0 Å². The number of nitrogens with zero attached hydrogens (tertiary/aromatic N) is 2. The summed E-state index contributed by atoms with van der Waals surface area (Å²) in [6, 6.07) is 16.1. The van der Waals surface area contributed by atoms with Crippen LogP contribution in [0.15, 0.2) is 59.8 Å². The highest BCUT2D eigenvalue weighted by molar-refractivity contribution is 6.01. The van der Waals surface area contributed by atoms with Crippen LogP contribution < -0.4 is 4.74 Å². The molecule has 0 fully saturated rings. The summed E-state index contributed by atoms with van der Waals surface area (Å²) in [5.74, 6) is 0.807. The van der Waals surface area contributed by atoms with E-state index in [1.54, 1.807) is 10.0 Å². The van der Waals surface area contributed by atoms with Crippen LogP contribution in [0.5, 0.6) is 5.75 Å². The van der Waals surface area contributed by atoms with Crippen molar-refractivity contribution in [3.63, 3.8) is 0 Å². The fourth-order valence-electron chi connectivity index (χ4n) is 4.37. The van der Waals surface area contributed by atoms with Gasteiger partial charge in [0, 0.05) is 44.1 Å². The molecular formula is C25H28N2O3. The normalized spacial score (nSPS) is 19.3. The van der Waals surface area contributed by atoms with Crippen LogP contribution in [0.4, 0.5) is 0 Å². The summed E-state index contributed by atoms with van der Waals surface area (Å²) in [4.78, 5) is 25.6. The first kappa shape index (κ1) is 20.4. The third-order valence-electron chi connectivity index (χ3n) is 5.86. The Bertz CT molecular complexity index is 974. The highest BCUT2D eigenvalue weighted by atomic mass is 16.5. The number of rotatable bonds is 5. The predicted octanol–water partition coefficient (Wildman–Crippen LogP) is 4.37. The van der Waals surface area contributed by atoms with E-state index in [1.165, 1.54) is 5.56 Å². The molecule has 2 aromatic carbocycles. The van der Waals surface area contributed by atoms with E-state index in [1.807, 2.05) is 38.4 Å². The number of hydrazine groups is 1. The first-order valence-corrected chi connectivity index (χ1v) is 10.5. The second-order valence-corrected chi connectivity index (χ2v) is 8.29. The van der Waals surface area contributed by atoms with Gasteiger partial charge in [-0.2, -0.15) is 0 Å². The van der Waals surface area contributed by atoms with E-state index in [-0.39, 0.29) is 17.6 Å². The summed E-state index contributed by atoms with van der Waals surface area (Å²) in [6.07, 6.45) is 2.43. The number of hydrogen-bond donors (Lipinski definition) is 0. The molecule has 0 saturated carbocycles. The molecule has 156 valence electrons. The average molecular weight is 405 g/mol. The highest BCUT2D eigenvalue weighted by Crippen LogP contribution is 2.42. The third-order valence-corrected chi connectivity index (χ3v) is 5.86. The number of ketones is 1. The van der Waals surface area contributed by atoms with Gasteiger partial charge in [0.25, 0.3) is 0 Å². The topological polar surface area (TPSA) is 49.9 Å². The van der Waals surface area contributed by atoms with Crippen molar-refractivity contribution in [3.05, 3.63) is 76.5 Å². The monoisotopic (exact) mass is 404 g/mol. The van der Waals surface area contributed by atoms with Gasteiger partial charge in [-0.3, -0.25) is 9.59 Å². The summed E-state index contributed by atoms with van der Waals surface area (Å²) in [7, 11) is 3.70. The lowest BCUT2D eigenvalue weighted by Crippen LogP contribution is -2.47. The number of benzene rings is 2. The molecule has 0 spiro atoms. The molecular weight excluding hydrogens is 376 g/mol. The van der Waals surface area contributed by atoms with Crippen LogP contribution in [-0.4, -0.2) is 35.8 Å². The van der Waals surface area contributed by atoms with Gasteiger partial charge in [0.05, 0.1) is 0 Å². The molecule has 1 heterocycles. The van der Waals surface area contributed by atoms with Crippen molar-refractivity contribution >= 4 is 11.7 Å². The minimum absolute atomic E-state index is 0.0400. The molecule has 30 heavy (non-hydrogen) atoms. The van der Waals surface area contributed by atoms with Gasteiger partial charge in [-0.1, -0.05) is 42.0 Å². The van der Waals surface area contributed by atoms with Crippen LogP contribution >= 0.6 is 0 Å². The smallest absolute Gasteiger partial charge is 0.242 e. The fraction of sp³-hybridized carbons (Fsp3) is 0.360. The Kier molecular flexibility index (Phi) is 5.73. The summed E-state index contributed by atoms with van der Waals surface area (Å²) >= 11 is 0. The summed E-state index contributed by atoms with van der Waals surface area (Å²) in [6.45, 7) is 2.57. The molecule has 1 unspecified atom stereocenters. The van der Waals surface area contributed by atoms with Crippen LogP contribution in [0, 0.1) is 6.92 Å². The van der Waals surface area contributed by atoms with Crippen LogP contribution in [-0.2, 0) is 16.2 Å². The maximum atomic E-state index is 12.8. The number of amides is 1. The van der Waals surface area contributed by atoms with E-state index in [9.17, 15) is 9.59 Å². The Morgan fingerprint density at radius 2 is 1.70 bits per heavy atom. The van der Waals surface area contributed by atoms with Gasteiger partial charge in [0.15, 0.2) is 5.78 Å². The Hall–Kier alpha value is -2.92. The lowest BCUT2D eigenvalue weighted by atomic mass is 9.77. The minimum Gasteiger partial charge on any atom is -0.489 e. The van der Waals surface area contributed by atoms with Gasteiger partial charge in [0.2, 0.25) is 5.91 Å². The Morgan fingerprint density at radius 1 is 1.00 bits per heavy atom. The number of allylic oxidation sites excluding steroid dienone is 2.